The number of nitrogens with one attached hydrogen (secondary N) is 3. The predicted molar refractivity (Wildman–Crippen MR) is 153 cm³/mol. The van der Waals surface area contributed by atoms with Crippen molar-refractivity contribution in [2.45, 2.75) is 89.4 Å². The number of primary amides is 1. The van der Waals surface area contributed by atoms with E-state index in [1.807, 2.05) is 13.8 Å². The molecule has 0 bridgehead atoms. The Hall–Kier alpha value is -3.54. The number of H-pyrrole nitrogens is 1. The summed E-state index contributed by atoms with van der Waals surface area (Å²) in [5.74, 6) is -1.55. The van der Waals surface area contributed by atoms with Gasteiger partial charge in [-0.2, -0.15) is 0 Å². The summed E-state index contributed by atoms with van der Waals surface area (Å²) in [5, 5.41) is 6.22. The largest absolute Gasteiger partial charge is 0.396 e. The molecule has 2 aliphatic heterocycles. The lowest BCUT2D eigenvalue weighted by atomic mass is 9.98. The van der Waals surface area contributed by atoms with E-state index in [1.165, 1.54) is 24.3 Å². The van der Waals surface area contributed by atoms with Crippen LogP contribution in [-0.4, -0.2) is 73.0 Å². The molecule has 4 amide bonds. The smallest absolute Gasteiger partial charge is 0.370 e. The van der Waals surface area contributed by atoms with Crippen LogP contribution in [0.5, 0.6) is 0 Å². The molecular weight excluding hydrogens is 565 g/mol. The number of fused-ring (bicyclic) bond motifs is 2. The molecule has 2 saturated heterocycles. The Morgan fingerprint density at radius 1 is 1.10 bits per heavy atom. The summed E-state index contributed by atoms with van der Waals surface area (Å²) in [6, 6.07) is 3.51. The number of rotatable bonds is 10. The molecule has 228 valence electrons. The summed E-state index contributed by atoms with van der Waals surface area (Å²) in [6.45, 7) is 3.88. The van der Waals surface area contributed by atoms with Gasteiger partial charge in [0, 0.05) is 35.0 Å². The fraction of sp³-hybridized carbons (Fsp3) is 0.536. The number of carbonyl (C=O) groups is 5. The van der Waals surface area contributed by atoms with Crippen molar-refractivity contribution in [1.29, 1.82) is 0 Å². The molecule has 0 unspecified atom stereocenters. The van der Waals surface area contributed by atoms with E-state index in [4.69, 9.17) is 5.73 Å². The van der Waals surface area contributed by atoms with Gasteiger partial charge in [0.15, 0.2) is 0 Å². The Morgan fingerprint density at radius 2 is 1.81 bits per heavy atom. The molecule has 42 heavy (non-hydrogen) atoms. The summed E-state index contributed by atoms with van der Waals surface area (Å²) in [7, 11) is -4.97. The second kappa shape index (κ2) is 12.8. The first-order valence-corrected chi connectivity index (χ1v) is 15.8. The van der Waals surface area contributed by atoms with Gasteiger partial charge < -0.3 is 36.0 Å². The Morgan fingerprint density at radius 3 is 2.48 bits per heavy atom. The van der Waals surface area contributed by atoms with Gasteiger partial charge in [-0.15, -0.1) is 0 Å². The molecule has 2 aromatic rings. The van der Waals surface area contributed by atoms with E-state index in [1.54, 1.807) is 4.90 Å². The first kappa shape index (κ1) is 31.4. The second-order valence-electron chi connectivity index (χ2n) is 11.5. The summed E-state index contributed by atoms with van der Waals surface area (Å²) in [4.78, 5) is 86.7. The van der Waals surface area contributed by atoms with E-state index in [9.17, 15) is 38.3 Å². The molecule has 2 aliphatic rings. The molecule has 7 N–H and O–H groups in total. The normalized spacial score (nSPS) is 21.9. The minimum atomic E-state index is -4.97. The van der Waals surface area contributed by atoms with Crippen LogP contribution in [0.25, 0.3) is 10.9 Å². The molecular formula is C28H38N5O8P. The van der Waals surface area contributed by atoms with Crippen LogP contribution in [0, 0.1) is 5.92 Å². The van der Waals surface area contributed by atoms with Crippen LogP contribution in [-0.2, 0) is 18.9 Å². The van der Waals surface area contributed by atoms with Crippen molar-refractivity contribution in [2.75, 3.05) is 0 Å². The topological polar surface area (TPSA) is 212 Å². The van der Waals surface area contributed by atoms with Gasteiger partial charge in [0.2, 0.25) is 17.7 Å². The highest BCUT2D eigenvalue weighted by molar-refractivity contribution is 7.70. The maximum Gasteiger partial charge on any atom is 0.396 e. The lowest BCUT2D eigenvalue weighted by molar-refractivity contribution is -0.143. The molecule has 13 nitrogen and oxygen atoms in total. The number of carbonyl (C=O) groups excluding carboxylic acids is 5. The third kappa shape index (κ3) is 7.08. The van der Waals surface area contributed by atoms with Crippen molar-refractivity contribution in [3.63, 3.8) is 0 Å². The van der Waals surface area contributed by atoms with E-state index in [-0.39, 0.29) is 47.5 Å². The van der Waals surface area contributed by atoms with Gasteiger partial charge in [0.1, 0.15) is 17.8 Å². The molecule has 4 rings (SSSR count). The van der Waals surface area contributed by atoms with Crippen molar-refractivity contribution in [3.8, 4) is 0 Å². The SMILES string of the molecule is CC(C)[C@H](CCC(N)=O)NC(=O)[C@@H]1CC[C@@H]2CCCC[C@H](NC(=O)c3cc4cc(C(=O)P(=O)(O)O)ccc4[nH]3)C(=O)N21. The average Bonchev–Trinajstić information content (AvgIpc) is 3.54. The number of nitrogens with two attached hydrogens (primary N) is 1. The predicted octanol–water partition coefficient (Wildman–Crippen LogP) is 1.92. The number of aromatic nitrogens is 1. The van der Waals surface area contributed by atoms with Gasteiger partial charge in [-0.05, 0) is 62.3 Å². The van der Waals surface area contributed by atoms with Crippen molar-refractivity contribution >= 4 is 47.7 Å². The zero-order chi connectivity index (χ0) is 30.8. The molecule has 0 spiro atoms. The van der Waals surface area contributed by atoms with Gasteiger partial charge in [0.25, 0.3) is 11.4 Å². The minimum Gasteiger partial charge on any atom is -0.370 e. The molecule has 14 heteroatoms. The zero-order valence-electron chi connectivity index (χ0n) is 23.7. The number of aromatic amines is 1. The number of amides is 4. The third-order valence-corrected chi connectivity index (χ3v) is 8.94. The fourth-order valence-corrected chi connectivity index (χ4v) is 6.34. The number of hydrogen-bond acceptors (Lipinski definition) is 6. The molecule has 0 aliphatic carbocycles. The maximum atomic E-state index is 13.8. The van der Waals surface area contributed by atoms with Gasteiger partial charge in [-0.3, -0.25) is 28.5 Å². The van der Waals surface area contributed by atoms with Crippen LogP contribution in [0.3, 0.4) is 0 Å². The van der Waals surface area contributed by atoms with E-state index >= 15 is 0 Å². The maximum absolute atomic E-state index is 13.8. The first-order valence-electron chi connectivity index (χ1n) is 14.2. The van der Waals surface area contributed by atoms with Crippen molar-refractivity contribution in [2.24, 2.45) is 11.7 Å². The fourth-order valence-electron chi connectivity index (χ4n) is 5.86. The first-order chi connectivity index (χ1) is 19.8. The number of hydrogen-bond donors (Lipinski definition) is 6. The lowest BCUT2D eigenvalue weighted by Gasteiger charge is -2.36. The highest BCUT2D eigenvalue weighted by Gasteiger charge is 2.44. The monoisotopic (exact) mass is 603 g/mol. The van der Waals surface area contributed by atoms with Gasteiger partial charge >= 0.3 is 7.60 Å². The summed E-state index contributed by atoms with van der Waals surface area (Å²) >= 11 is 0. The molecule has 0 saturated carbocycles. The Balaban J connectivity index is 1.50. The highest BCUT2D eigenvalue weighted by atomic mass is 31.2. The van der Waals surface area contributed by atoms with Gasteiger partial charge in [0.05, 0.1) is 0 Å². The lowest BCUT2D eigenvalue weighted by Crippen LogP contribution is -2.57. The summed E-state index contributed by atoms with van der Waals surface area (Å²) in [5.41, 5.74) is 4.38. The van der Waals surface area contributed by atoms with Crippen LogP contribution < -0.4 is 16.4 Å². The highest BCUT2D eigenvalue weighted by Crippen LogP contribution is 2.39. The average molecular weight is 604 g/mol. The van der Waals surface area contributed by atoms with Crippen LogP contribution in [0.2, 0.25) is 0 Å². The number of benzene rings is 1. The molecule has 1 aromatic carbocycles. The summed E-state index contributed by atoms with van der Waals surface area (Å²) < 4.78 is 11.4. The number of nitrogens with zero attached hydrogens (tertiary/aromatic N) is 1. The van der Waals surface area contributed by atoms with E-state index in [2.05, 4.69) is 15.6 Å². The third-order valence-electron chi connectivity index (χ3n) is 8.15. The summed E-state index contributed by atoms with van der Waals surface area (Å²) in [6.07, 6.45) is 4.45. The van der Waals surface area contributed by atoms with E-state index < -0.39 is 37.0 Å². The van der Waals surface area contributed by atoms with Gasteiger partial charge in [-0.25, -0.2) is 0 Å². The van der Waals surface area contributed by atoms with Crippen molar-refractivity contribution in [1.82, 2.24) is 20.5 Å². The Bertz CT molecular complexity index is 1430. The van der Waals surface area contributed by atoms with Gasteiger partial charge in [-0.1, -0.05) is 26.7 Å². The van der Waals surface area contributed by atoms with Crippen LogP contribution in [0.4, 0.5) is 0 Å². The van der Waals surface area contributed by atoms with E-state index in [0.717, 1.165) is 19.3 Å². The second-order valence-corrected chi connectivity index (χ2v) is 13.0. The van der Waals surface area contributed by atoms with Crippen LogP contribution >= 0.6 is 7.60 Å². The van der Waals surface area contributed by atoms with Crippen LogP contribution in [0.15, 0.2) is 24.3 Å². The molecule has 4 atom stereocenters. The standard InChI is InChI=1S/C28H38N5O8P/c1-15(2)19(10-12-24(29)34)31-26(36)23-11-8-18-5-3-4-6-21(27(37)33(18)23)32-25(35)22-14-17-13-16(7-9-20(17)30-22)28(38)42(39,40)41/h7,9,13-15,18-19,21,23,30H,3-6,8,10-12H2,1-2H3,(H2,29,34)(H,31,36)(H,32,35)(H2,39,40,41)/t18-,19-,21-,23-/m0/s1. The minimum absolute atomic E-state index is 0.0582. The van der Waals surface area contributed by atoms with Crippen LogP contribution in [0.1, 0.15) is 86.1 Å². The van der Waals surface area contributed by atoms with Crippen molar-refractivity contribution in [3.05, 3.63) is 35.5 Å². The quantitative estimate of drug-likeness (QED) is 0.220. The molecule has 0 radical (unpaired) electrons. The van der Waals surface area contributed by atoms with Crippen molar-refractivity contribution < 1.29 is 38.3 Å². The molecule has 1 aromatic heterocycles. The Kier molecular flexibility index (Phi) is 9.54. The Labute approximate surface area is 243 Å². The molecule has 3 heterocycles. The molecule has 2 fully saturated rings. The van der Waals surface area contributed by atoms with E-state index in [0.29, 0.717) is 36.6 Å². The zero-order valence-corrected chi connectivity index (χ0v) is 24.6.